The zero-order valence-electron chi connectivity index (χ0n) is 7.57. The standard InChI is InChI=1S/C10H6ClN3S/c11-8-5-7(6-12)1-2-9(8)15-10-13-3-4-14-10/h1-5H,(H,13,14). The van der Waals surface area contributed by atoms with Gasteiger partial charge in [-0.05, 0) is 18.2 Å². The maximum atomic E-state index is 8.68. The number of nitriles is 1. The van der Waals surface area contributed by atoms with Gasteiger partial charge in [-0.25, -0.2) is 4.98 Å². The molecule has 5 heteroatoms. The average Bonchev–Trinajstić information content (AvgIpc) is 2.74. The molecular weight excluding hydrogens is 230 g/mol. The molecule has 0 spiro atoms. The van der Waals surface area contributed by atoms with Gasteiger partial charge in [0.05, 0.1) is 16.7 Å². The van der Waals surface area contributed by atoms with Gasteiger partial charge in [0, 0.05) is 17.3 Å². The minimum atomic E-state index is 0.559. The molecule has 0 atom stereocenters. The molecule has 1 aromatic heterocycles. The first kappa shape index (κ1) is 10.1. The van der Waals surface area contributed by atoms with E-state index < -0.39 is 0 Å². The lowest BCUT2D eigenvalue weighted by Gasteiger charge is -2.01. The molecule has 0 amide bonds. The first-order chi connectivity index (χ1) is 7.29. The van der Waals surface area contributed by atoms with Gasteiger partial charge in [0.15, 0.2) is 5.16 Å². The predicted molar refractivity (Wildman–Crippen MR) is 58.9 cm³/mol. The van der Waals surface area contributed by atoms with Crippen molar-refractivity contribution in [2.24, 2.45) is 0 Å². The van der Waals surface area contributed by atoms with Gasteiger partial charge >= 0.3 is 0 Å². The quantitative estimate of drug-likeness (QED) is 0.870. The Labute approximate surface area is 96.1 Å². The summed E-state index contributed by atoms with van der Waals surface area (Å²) in [6.07, 6.45) is 3.43. The van der Waals surface area contributed by atoms with E-state index in [0.717, 1.165) is 10.1 Å². The Balaban J connectivity index is 2.27. The maximum absolute atomic E-state index is 8.68. The summed E-state index contributed by atoms with van der Waals surface area (Å²) in [4.78, 5) is 7.93. The molecule has 1 heterocycles. The molecule has 2 aromatic rings. The fraction of sp³-hybridized carbons (Fsp3) is 0. The molecule has 0 fully saturated rings. The predicted octanol–water partition coefficient (Wildman–Crippen LogP) is 3.09. The van der Waals surface area contributed by atoms with Crippen LogP contribution in [-0.4, -0.2) is 9.97 Å². The molecule has 0 saturated carbocycles. The Kier molecular flexibility index (Phi) is 2.95. The van der Waals surface area contributed by atoms with Crippen molar-refractivity contribution in [2.45, 2.75) is 10.1 Å². The van der Waals surface area contributed by atoms with E-state index in [2.05, 4.69) is 9.97 Å². The van der Waals surface area contributed by atoms with Crippen molar-refractivity contribution in [3.63, 3.8) is 0 Å². The number of hydrogen-bond donors (Lipinski definition) is 1. The molecule has 1 aromatic carbocycles. The van der Waals surface area contributed by atoms with Gasteiger partial charge in [-0.3, -0.25) is 0 Å². The number of rotatable bonds is 2. The number of nitrogens with one attached hydrogen (secondary N) is 1. The Morgan fingerprint density at radius 3 is 2.93 bits per heavy atom. The lowest BCUT2D eigenvalue weighted by atomic mass is 10.2. The highest BCUT2D eigenvalue weighted by Crippen LogP contribution is 2.31. The van der Waals surface area contributed by atoms with Crippen LogP contribution in [0.5, 0.6) is 0 Å². The molecule has 0 aliphatic heterocycles. The Bertz CT molecular complexity index is 502. The van der Waals surface area contributed by atoms with Crippen LogP contribution < -0.4 is 0 Å². The van der Waals surface area contributed by atoms with Crippen molar-refractivity contribution in [1.82, 2.24) is 9.97 Å². The lowest BCUT2D eigenvalue weighted by molar-refractivity contribution is 1.06. The molecule has 0 aliphatic rings. The van der Waals surface area contributed by atoms with Crippen LogP contribution in [0.4, 0.5) is 0 Å². The third-order valence-electron chi connectivity index (χ3n) is 1.74. The largest absolute Gasteiger partial charge is 0.339 e. The molecule has 15 heavy (non-hydrogen) atoms. The van der Waals surface area contributed by atoms with E-state index in [1.807, 2.05) is 12.1 Å². The molecule has 1 N–H and O–H groups in total. The van der Waals surface area contributed by atoms with Crippen LogP contribution in [0.2, 0.25) is 5.02 Å². The highest BCUT2D eigenvalue weighted by Gasteiger charge is 2.05. The van der Waals surface area contributed by atoms with Crippen LogP contribution in [-0.2, 0) is 0 Å². The van der Waals surface area contributed by atoms with Crippen LogP contribution in [0.25, 0.3) is 0 Å². The summed E-state index contributed by atoms with van der Waals surface area (Å²) in [7, 11) is 0. The fourth-order valence-electron chi connectivity index (χ4n) is 1.06. The topological polar surface area (TPSA) is 52.5 Å². The third-order valence-corrected chi connectivity index (χ3v) is 3.16. The van der Waals surface area contributed by atoms with E-state index in [1.165, 1.54) is 11.8 Å². The molecule has 2 rings (SSSR count). The molecule has 0 radical (unpaired) electrons. The number of hydrogen-bond acceptors (Lipinski definition) is 3. The van der Waals surface area contributed by atoms with E-state index in [0.29, 0.717) is 10.6 Å². The molecule has 74 valence electrons. The Morgan fingerprint density at radius 1 is 1.47 bits per heavy atom. The smallest absolute Gasteiger partial charge is 0.170 e. The average molecular weight is 236 g/mol. The van der Waals surface area contributed by atoms with Crippen molar-refractivity contribution in [3.8, 4) is 6.07 Å². The molecule has 3 nitrogen and oxygen atoms in total. The van der Waals surface area contributed by atoms with E-state index in [1.54, 1.807) is 24.5 Å². The summed E-state index contributed by atoms with van der Waals surface area (Å²) in [5.74, 6) is 0. The highest BCUT2D eigenvalue weighted by molar-refractivity contribution is 7.99. The van der Waals surface area contributed by atoms with Gasteiger partial charge in [0.1, 0.15) is 0 Å². The van der Waals surface area contributed by atoms with Crippen molar-refractivity contribution in [1.29, 1.82) is 5.26 Å². The van der Waals surface area contributed by atoms with Crippen LogP contribution >= 0.6 is 23.4 Å². The minimum absolute atomic E-state index is 0.559. The summed E-state index contributed by atoms with van der Waals surface area (Å²) >= 11 is 7.44. The molecule has 0 aliphatic carbocycles. The number of aromatic nitrogens is 2. The number of imidazole rings is 1. The third kappa shape index (κ3) is 2.32. The van der Waals surface area contributed by atoms with Gasteiger partial charge in [-0.1, -0.05) is 23.4 Å². The molecule has 0 saturated heterocycles. The fourth-order valence-corrected chi connectivity index (χ4v) is 2.10. The van der Waals surface area contributed by atoms with Crippen molar-refractivity contribution >= 4 is 23.4 Å². The highest BCUT2D eigenvalue weighted by atomic mass is 35.5. The normalized spacial score (nSPS) is 9.87. The second-order valence-corrected chi connectivity index (χ2v) is 4.19. The van der Waals surface area contributed by atoms with E-state index in [-0.39, 0.29) is 0 Å². The lowest BCUT2D eigenvalue weighted by Crippen LogP contribution is -1.80. The van der Waals surface area contributed by atoms with Crippen LogP contribution in [0, 0.1) is 11.3 Å². The number of H-pyrrole nitrogens is 1. The summed E-state index contributed by atoms with van der Waals surface area (Å²) < 4.78 is 0. The van der Waals surface area contributed by atoms with Crippen molar-refractivity contribution in [3.05, 3.63) is 41.2 Å². The monoisotopic (exact) mass is 235 g/mol. The summed E-state index contributed by atoms with van der Waals surface area (Å²) in [5.41, 5.74) is 0.559. The zero-order chi connectivity index (χ0) is 10.7. The van der Waals surface area contributed by atoms with Gasteiger partial charge in [0.2, 0.25) is 0 Å². The Hall–Kier alpha value is -1.44. The SMILES string of the molecule is N#Cc1ccc(Sc2ncc[nH]2)c(Cl)c1. The summed E-state index contributed by atoms with van der Waals surface area (Å²) in [6, 6.07) is 7.23. The van der Waals surface area contributed by atoms with E-state index >= 15 is 0 Å². The van der Waals surface area contributed by atoms with E-state index in [9.17, 15) is 0 Å². The van der Waals surface area contributed by atoms with E-state index in [4.69, 9.17) is 16.9 Å². The first-order valence-corrected chi connectivity index (χ1v) is 5.36. The summed E-state index contributed by atoms with van der Waals surface area (Å²) in [6.45, 7) is 0. The van der Waals surface area contributed by atoms with Crippen molar-refractivity contribution < 1.29 is 0 Å². The number of aromatic amines is 1. The van der Waals surface area contributed by atoms with Gasteiger partial charge in [-0.15, -0.1) is 0 Å². The maximum Gasteiger partial charge on any atom is 0.170 e. The van der Waals surface area contributed by atoms with Crippen LogP contribution in [0.1, 0.15) is 5.56 Å². The zero-order valence-corrected chi connectivity index (χ0v) is 9.14. The number of nitrogens with zero attached hydrogens (tertiary/aromatic N) is 2. The van der Waals surface area contributed by atoms with Gasteiger partial charge < -0.3 is 4.98 Å². The second kappa shape index (κ2) is 4.39. The van der Waals surface area contributed by atoms with Crippen LogP contribution in [0.15, 0.2) is 40.6 Å². The van der Waals surface area contributed by atoms with Crippen molar-refractivity contribution in [2.75, 3.05) is 0 Å². The van der Waals surface area contributed by atoms with Gasteiger partial charge in [-0.2, -0.15) is 5.26 Å². The Morgan fingerprint density at radius 2 is 2.33 bits per heavy atom. The van der Waals surface area contributed by atoms with Gasteiger partial charge in [0.25, 0.3) is 0 Å². The number of benzene rings is 1. The van der Waals surface area contributed by atoms with Crippen LogP contribution in [0.3, 0.4) is 0 Å². The molecule has 0 unspecified atom stereocenters. The summed E-state index contributed by atoms with van der Waals surface area (Å²) in [5, 5.41) is 10.0. The number of halogens is 1. The second-order valence-electron chi connectivity index (χ2n) is 2.75. The molecular formula is C10H6ClN3S. The first-order valence-electron chi connectivity index (χ1n) is 4.16. The minimum Gasteiger partial charge on any atom is -0.339 e. The molecule has 0 bridgehead atoms.